The Kier molecular flexibility index (Phi) is 4.63. The Labute approximate surface area is 127 Å². The van der Waals surface area contributed by atoms with Gasteiger partial charge in [0.25, 0.3) is 5.91 Å². The Balaban J connectivity index is 2.41. The largest absolute Gasteiger partial charge is 0.494 e. The van der Waals surface area contributed by atoms with Crippen LogP contribution in [0.15, 0.2) is 36.9 Å². The summed E-state index contributed by atoms with van der Waals surface area (Å²) in [6.07, 6.45) is 0.770. The molecule has 0 saturated heterocycles. The molecule has 0 fully saturated rings. The number of aromatic nitrogens is 2. The van der Waals surface area contributed by atoms with Gasteiger partial charge in [-0.25, -0.2) is 0 Å². The number of likely N-dealkylation sites (N-methyl/N-ethyl adjacent to an activating group) is 1. The summed E-state index contributed by atoms with van der Waals surface area (Å²) in [5, 5.41) is 10.6. The van der Waals surface area contributed by atoms with Gasteiger partial charge in [0.15, 0.2) is 0 Å². The van der Waals surface area contributed by atoms with E-state index in [2.05, 4.69) is 22.1 Å². The van der Waals surface area contributed by atoms with Crippen molar-refractivity contribution in [1.82, 2.24) is 15.5 Å². The lowest BCUT2D eigenvalue weighted by atomic mass is 10.1. The molecule has 2 rings (SSSR count). The first-order chi connectivity index (χ1) is 10.6. The molecule has 1 aromatic carbocycles. The first-order valence-corrected chi connectivity index (χ1v) is 6.49. The second kappa shape index (κ2) is 6.62. The summed E-state index contributed by atoms with van der Waals surface area (Å²) in [6, 6.07) is 8.58. The highest BCUT2D eigenvalue weighted by Crippen LogP contribution is 2.27. The number of carbonyl (C=O) groups is 2. The van der Waals surface area contributed by atoms with Crippen molar-refractivity contribution >= 4 is 17.8 Å². The molecule has 1 aromatic heterocycles. The number of hydrogen-bond donors (Lipinski definition) is 1. The van der Waals surface area contributed by atoms with Gasteiger partial charge in [0.1, 0.15) is 17.7 Å². The highest BCUT2D eigenvalue weighted by molar-refractivity contribution is 6.18. The summed E-state index contributed by atoms with van der Waals surface area (Å²) in [6.45, 7) is 3.70. The van der Waals surface area contributed by atoms with Crippen molar-refractivity contribution in [3.63, 3.8) is 0 Å². The van der Waals surface area contributed by atoms with Gasteiger partial charge in [-0.05, 0) is 0 Å². The number of nitrogens with one attached hydrogen (secondary N) is 1. The molecule has 6 heteroatoms. The fourth-order valence-corrected chi connectivity index (χ4v) is 1.87. The first-order valence-electron chi connectivity index (χ1n) is 6.49. The molecule has 1 N–H and O–H groups in total. The summed E-state index contributed by atoms with van der Waals surface area (Å²) in [4.78, 5) is 22.3. The van der Waals surface area contributed by atoms with E-state index in [1.807, 2.05) is 0 Å². The van der Waals surface area contributed by atoms with E-state index in [1.165, 1.54) is 14.2 Å². The van der Waals surface area contributed by atoms with E-state index in [9.17, 15) is 9.59 Å². The van der Waals surface area contributed by atoms with E-state index >= 15 is 0 Å². The zero-order valence-electron chi connectivity index (χ0n) is 12.3. The van der Waals surface area contributed by atoms with Crippen LogP contribution in [0.2, 0.25) is 0 Å². The molecule has 6 nitrogen and oxygen atoms in total. The minimum Gasteiger partial charge on any atom is -0.494 e. The molecule has 0 bridgehead atoms. The van der Waals surface area contributed by atoms with Crippen molar-refractivity contribution in [2.24, 2.45) is 0 Å². The lowest BCUT2D eigenvalue weighted by molar-refractivity contribution is -0.115. The van der Waals surface area contributed by atoms with Gasteiger partial charge in [-0.1, -0.05) is 30.8 Å². The third-order valence-electron chi connectivity index (χ3n) is 3.11. The maximum Gasteiger partial charge on any atom is 0.252 e. The Hall–Kier alpha value is -3.02. The Morgan fingerprint density at radius 1 is 1.27 bits per heavy atom. The van der Waals surface area contributed by atoms with Gasteiger partial charge in [-0.3, -0.25) is 9.59 Å². The predicted molar refractivity (Wildman–Crippen MR) is 82.5 cm³/mol. The molecule has 0 saturated carbocycles. The maximum absolute atomic E-state index is 11.6. The Bertz CT molecular complexity index is 724. The van der Waals surface area contributed by atoms with Crippen molar-refractivity contribution in [2.45, 2.75) is 0 Å². The van der Waals surface area contributed by atoms with Crippen LogP contribution in [0.4, 0.5) is 0 Å². The van der Waals surface area contributed by atoms with Crippen molar-refractivity contribution in [3.8, 4) is 17.0 Å². The second-order valence-corrected chi connectivity index (χ2v) is 4.44. The number of hydrogen-bond acceptors (Lipinski definition) is 5. The number of nitrogens with zero attached hydrogens (tertiary/aromatic N) is 2. The second-order valence-electron chi connectivity index (χ2n) is 4.44. The molecular formula is C16H15N3O3. The number of methoxy groups -OCH3 is 1. The molecule has 0 spiro atoms. The minimum absolute atomic E-state index is 0.176. The summed E-state index contributed by atoms with van der Waals surface area (Å²) >= 11 is 0. The monoisotopic (exact) mass is 297 g/mol. The standard InChI is InChI=1S/C16H15N3O3/c1-10(16(21)17-2)15-14(22-3)8-13(18-19-15)12-6-4-11(9-20)5-7-12/h4-9H,1H2,2-3H3,(H,17,21). The Morgan fingerprint density at radius 3 is 2.50 bits per heavy atom. The van der Waals surface area contributed by atoms with Crippen LogP contribution in [0.25, 0.3) is 16.8 Å². The van der Waals surface area contributed by atoms with Gasteiger partial charge < -0.3 is 10.1 Å². The molecule has 112 valence electrons. The molecule has 1 heterocycles. The van der Waals surface area contributed by atoms with Crippen LogP contribution in [0.3, 0.4) is 0 Å². The van der Waals surface area contributed by atoms with E-state index in [4.69, 9.17) is 4.74 Å². The summed E-state index contributed by atoms with van der Waals surface area (Å²) < 4.78 is 5.27. The van der Waals surface area contributed by atoms with Crippen molar-refractivity contribution in [3.05, 3.63) is 48.2 Å². The van der Waals surface area contributed by atoms with Crippen molar-refractivity contribution in [1.29, 1.82) is 0 Å². The first kappa shape index (κ1) is 15.4. The van der Waals surface area contributed by atoms with Crippen molar-refractivity contribution in [2.75, 3.05) is 14.2 Å². The molecule has 1 amide bonds. The molecule has 0 aliphatic carbocycles. The number of rotatable bonds is 5. The zero-order valence-corrected chi connectivity index (χ0v) is 12.3. The Morgan fingerprint density at radius 2 is 1.95 bits per heavy atom. The number of benzene rings is 1. The van der Waals surface area contributed by atoms with E-state index in [1.54, 1.807) is 30.3 Å². The average molecular weight is 297 g/mol. The smallest absolute Gasteiger partial charge is 0.252 e. The fourth-order valence-electron chi connectivity index (χ4n) is 1.87. The molecule has 0 radical (unpaired) electrons. The van der Waals surface area contributed by atoms with Gasteiger partial charge in [0.05, 0.1) is 18.4 Å². The highest BCUT2D eigenvalue weighted by Gasteiger charge is 2.16. The summed E-state index contributed by atoms with van der Waals surface area (Å²) in [5.74, 6) is 0.0498. The zero-order chi connectivity index (χ0) is 16.1. The number of carbonyl (C=O) groups excluding carboxylic acids is 2. The third-order valence-corrected chi connectivity index (χ3v) is 3.11. The SMILES string of the molecule is C=C(C(=O)NC)c1nnc(-c2ccc(C=O)cc2)cc1OC. The van der Waals surface area contributed by atoms with E-state index in [0.717, 1.165) is 11.8 Å². The van der Waals surface area contributed by atoms with Crippen LogP contribution in [-0.4, -0.2) is 36.5 Å². The van der Waals surface area contributed by atoms with Crippen LogP contribution in [0.5, 0.6) is 5.75 Å². The van der Waals surface area contributed by atoms with E-state index in [0.29, 0.717) is 17.0 Å². The highest BCUT2D eigenvalue weighted by atomic mass is 16.5. The van der Waals surface area contributed by atoms with Crippen LogP contribution in [-0.2, 0) is 4.79 Å². The van der Waals surface area contributed by atoms with E-state index in [-0.39, 0.29) is 17.2 Å². The molecule has 0 aliphatic heterocycles. The molecule has 0 unspecified atom stereocenters. The van der Waals surface area contributed by atoms with Crippen LogP contribution in [0.1, 0.15) is 16.1 Å². The number of aldehydes is 1. The quantitative estimate of drug-likeness (QED) is 0.671. The predicted octanol–water partition coefficient (Wildman–Crippen LogP) is 1.72. The van der Waals surface area contributed by atoms with Crippen molar-refractivity contribution < 1.29 is 14.3 Å². The van der Waals surface area contributed by atoms with Crippen LogP contribution >= 0.6 is 0 Å². The third kappa shape index (κ3) is 3.01. The summed E-state index contributed by atoms with van der Waals surface area (Å²) in [7, 11) is 2.99. The normalized spacial score (nSPS) is 9.91. The number of ether oxygens (including phenoxy) is 1. The average Bonchev–Trinajstić information content (AvgIpc) is 2.59. The van der Waals surface area contributed by atoms with Gasteiger partial charge in [-0.2, -0.15) is 0 Å². The summed E-state index contributed by atoms with van der Waals surface area (Å²) in [5.41, 5.74) is 2.40. The van der Waals surface area contributed by atoms with Gasteiger partial charge in [0, 0.05) is 24.2 Å². The maximum atomic E-state index is 11.6. The molecule has 2 aromatic rings. The minimum atomic E-state index is -0.351. The topological polar surface area (TPSA) is 81.2 Å². The van der Waals surface area contributed by atoms with Gasteiger partial charge in [0.2, 0.25) is 0 Å². The molecule has 22 heavy (non-hydrogen) atoms. The van der Waals surface area contributed by atoms with Crippen LogP contribution in [0, 0.1) is 0 Å². The lowest BCUT2D eigenvalue weighted by Crippen LogP contribution is -2.19. The van der Waals surface area contributed by atoms with E-state index < -0.39 is 0 Å². The van der Waals surface area contributed by atoms with Gasteiger partial charge >= 0.3 is 0 Å². The fraction of sp³-hybridized carbons (Fsp3) is 0.125. The molecule has 0 aliphatic rings. The molecular weight excluding hydrogens is 282 g/mol. The molecule has 0 atom stereocenters. The number of amides is 1. The lowest BCUT2D eigenvalue weighted by Gasteiger charge is -2.10. The van der Waals surface area contributed by atoms with Gasteiger partial charge in [-0.15, -0.1) is 10.2 Å². The van der Waals surface area contributed by atoms with Crippen LogP contribution < -0.4 is 10.1 Å².